The summed E-state index contributed by atoms with van der Waals surface area (Å²) in [5.74, 6) is 0.533. The summed E-state index contributed by atoms with van der Waals surface area (Å²) < 4.78 is 9.96. The Hall–Kier alpha value is -2.83. The van der Waals surface area contributed by atoms with Gasteiger partial charge in [-0.25, -0.2) is 4.98 Å². The molecule has 0 bridgehead atoms. The number of carbonyl (C=O) groups is 1. The number of nitrogens with one attached hydrogen (secondary N) is 2. The van der Waals surface area contributed by atoms with Gasteiger partial charge in [-0.3, -0.25) is 9.59 Å². The SMILES string of the molecule is COCCNC(=O)CSc1nc(-c2ccc(OC)cc2)c(C#N)c(=O)[nH]1. The van der Waals surface area contributed by atoms with Crippen LogP contribution in [0.2, 0.25) is 0 Å². The minimum atomic E-state index is -0.546. The van der Waals surface area contributed by atoms with Crippen molar-refractivity contribution in [3.05, 3.63) is 40.2 Å². The summed E-state index contributed by atoms with van der Waals surface area (Å²) in [4.78, 5) is 30.8. The normalized spacial score (nSPS) is 10.2. The lowest BCUT2D eigenvalue weighted by Gasteiger charge is -2.08. The Morgan fingerprint density at radius 1 is 1.35 bits per heavy atom. The maximum Gasteiger partial charge on any atom is 0.270 e. The van der Waals surface area contributed by atoms with Crippen LogP contribution in [0.5, 0.6) is 5.75 Å². The van der Waals surface area contributed by atoms with E-state index in [9.17, 15) is 14.9 Å². The van der Waals surface area contributed by atoms with Crippen LogP contribution >= 0.6 is 11.8 Å². The molecule has 0 saturated carbocycles. The number of hydrogen-bond donors (Lipinski definition) is 2. The van der Waals surface area contributed by atoms with E-state index in [1.165, 1.54) is 0 Å². The topological polar surface area (TPSA) is 117 Å². The fourth-order valence-electron chi connectivity index (χ4n) is 2.06. The van der Waals surface area contributed by atoms with E-state index in [0.29, 0.717) is 24.5 Å². The zero-order valence-electron chi connectivity index (χ0n) is 14.4. The number of carbonyl (C=O) groups excluding carboxylic acids is 1. The van der Waals surface area contributed by atoms with Crippen LogP contribution in [0.15, 0.2) is 34.2 Å². The summed E-state index contributed by atoms with van der Waals surface area (Å²) in [6, 6.07) is 8.74. The van der Waals surface area contributed by atoms with E-state index >= 15 is 0 Å². The molecule has 0 aliphatic carbocycles. The standard InChI is InChI=1S/C17H18N4O4S/c1-24-8-7-19-14(22)10-26-17-20-15(13(9-18)16(23)21-17)11-3-5-12(25-2)6-4-11/h3-6H,7-8,10H2,1-2H3,(H,19,22)(H,20,21,23). The average Bonchev–Trinajstić information content (AvgIpc) is 2.66. The molecule has 0 fully saturated rings. The van der Waals surface area contributed by atoms with E-state index in [1.54, 1.807) is 38.5 Å². The van der Waals surface area contributed by atoms with Crippen LogP contribution < -0.4 is 15.6 Å². The van der Waals surface area contributed by atoms with Crippen molar-refractivity contribution in [3.63, 3.8) is 0 Å². The Kier molecular flexibility index (Phi) is 7.20. The summed E-state index contributed by atoms with van der Waals surface area (Å²) in [6.07, 6.45) is 0. The van der Waals surface area contributed by atoms with Crippen molar-refractivity contribution >= 4 is 17.7 Å². The molecular formula is C17H18N4O4S. The van der Waals surface area contributed by atoms with Crippen molar-refractivity contribution in [2.75, 3.05) is 33.1 Å². The Morgan fingerprint density at radius 3 is 2.69 bits per heavy atom. The second-order valence-electron chi connectivity index (χ2n) is 5.07. The fraction of sp³-hybridized carbons (Fsp3) is 0.294. The first-order chi connectivity index (χ1) is 12.6. The van der Waals surface area contributed by atoms with Crippen LogP contribution in [0.25, 0.3) is 11.3 Å². The van der Waals surface area contributed by atoms with E-state index in [4.69, 9.17) is 9.47 Å². The first-order valence-corrected chi connectivity index (χ1v) is 8.65. The molecule has 2 rings (SSSR count). The average molecular weight is 374 g/mol. The van der Waals surface area contributed by atoms with Crippen molar-refractivity contribution in [2.45, 2.75) is 5.16 Å². The van der Waals surface area contributed by atoms with Gasteiger partial charge in [0.05, 0.1) is 25.2 Å². The number of benzene rings is 1. The second kappa shape index (κ2) is 9.60. The van der Waals surface area contributed by atoms with Crippen molar-refractivity contribution in [3.8, 4) is 23.1 Å². The number of hydrogen-bond acceptors (Lipinski definition) is 7. The molecule has 2 N–H and O–H groups in total. The number of methoxy groups -OCH3 is 2. The van der Waals surface area contributed by atoms with Crippen molar-refractivity contribution in [1.82, 2.24) is 15.3 Å². The van der Waals surface area contributed by atoms with Gasteiger partial charge in [-0.05, 0) is 24.3 Å². The molecular weight excluding hydrogens is 356 g/mol. The number of nitrogens with zero attached hydrogens (tertiary/aromatic N) is 2. The molecule has 0 unspecified atom stereocenters. The number of nitriles is 1. The van der Waals surface area contributed by atoms with Gasteiger partial charge >= 0.3 is 0 Å². The molecule has 0 spiro atoms. The lowest BCUT2D eigenvalue weighted by molar-refractivity contribution is -0.118. The maximum atomic E-state index is 12.2. The minimum Gasteiger partial charge on any atom is -0.497 e. The summed E-state index contributed by atoms with van der Waals surface area (Å²) in [5, 5.41) is 12.2. The van der Waals surface area contributed by atoms with E-state index in [0.717, 1.165) is 11.8 Å². The Balaban J connectivity index is 2.21. The molecule has 0 atom stereocenters. The number of aromatic amines is 1. The largest absolute Gasteiger partial charge is 0.497 e. The Morgan fingerprint density at radius 2 is 2.08 bits per heavy atom. The van der Waals surface area contributed by atoms with Crippen molar-refractivity contribution in [1.29, 1.82) is 5.26 Å². The predicted octanol–water partition coefficient (Wildman–Crippen LogP) is 1.17. The summed E-state index contributed by atoms with van der Waals surface area (Å²) in [5.41, 5.74) is 0.251. The molecule has 1 amide bonds. The van der Waals surface area contributed by atoms with Crippen LogP contribution in [0.1, 0.15) is 5.56 Å². The third kappa shape index (κ3) is 5.08. The monoisotopic (exact) mass is 374 g/mol. The molecule has 0 saturated heterocycles. The van der Waals surface area contributed by atoms with Crippen LogP contribution in [0, 0.1) is 11.3 Å². The van der Waals surface area contributed by atoms with Gasteiger partial charge in [0.2, 0.25) is 5.91 Å². The summed E-state index contributed by atoms with van der Waals surface area (Å²) >= 11 is 1.08. The van der Waals surface area contributed by atoms with Gasteiger partial charge in [-0.2, -0.15) is 5.26 Å². The van der Waals surface area contributed by atoms with E-state index in [-0.39, 0.29) is 28.1 Å². The Bertz CT molecular complexity index is 859. The Labute approximate surface area is 154 Å². The van der Waals surface area contributed by atoms with Gasteiger partial charge < -0.3 is 19.8 Å². The number of ether oxygens (including phenoxy) is 2. The second-order valence-corrected chi connectivity index (χ2v) is 6.03. The molecule has 1 aromatic carbocycles. The van der Waals surface area contributed by atoms with Crippen LogP contribution in [-0.2, 0) is 9.53 Å². The zero-order chi connectivity index (χ0) is 18.9. The third-order valence-corrected chi connectivity index (χ3v) is 4.21. The molecule has 2 aromatic rings. The van der Waals surface area contributed by atoms with Gasteiger partial charge in [0.15, 0.2) is 5.16 Å². The van der Waals surface area contributed by atoms with Crippen molar-refractivity contribution < 1.29 is 14.3 Å². The van der Waals surface area contributed by atoms with E-state index in [2.05, 4.69) is 15.3 Å². The van der Waals surface area contributed by atoms with Crippen LogP contribution in [0.3, 0.4) is 0 Å². The predicted molar refractivity (Wildman–Crippen MR) is 97.2 cm³/mol. The lowest BCUT2D eigenvalue weighted by Crippen LogP contribution is -2.28. The molecule has 1 aromatic heterocycles. The van der Waals surface area contributed by atoms with E-state index in [1.807, 2.05) is 6.07 Å². The zero-order valence-corrected chi connectivity index (χ0v) is 15.2. The molecule has 1 heterocycles. The highest BCUT2D eigenvalue weighted by atomic mass is 32.2. The highest BCUT2D eigenvalue weighted by Crippen LogP contribution is 2.24. The van der Waals surface area contributed by atoms with Gasteiger partial charge in [0.25, 0.3) is 5.56 Å². The van der Waals surface area contributed by atoms with E-state index < -0.39 is 5.56 Å². The first kappa shape index (κ1) is 19.5. The van der Waals surface area contributed by atoms with Crippen LogP contribution in [0.4, 0.5) is 0 Å². The summed E-state index contributed by atoms with van der Waals surface area (Å²) in [7, 11) is 3.10. The molecule has 0 aliphatic heterocycles. The number of aromatic nitrogens is 2. The maximum absolute atomic E-state index is 12.2. The summed E-state index contributed by atoms with van der Waals surface area (Å²) in [6.45, 7) is 0.828. The fourth-order valence-corrected chi connectivity index (χ4v) is 2.75. The third-order valence-electron chi connectivity index (χ3n) is 3.34. The number of amides is 1. The van der Waals surface area contributed by atoms with Gasteiger partial charge in [-0.1, -0.05) is 11.8 Å². The number of thioether (sulfide) groups is 1. The minimum absolute atomic E-state index is 0.0796. The smallest absolute Gasteiger partial charge is 0.270 e. The lowest BCUT2D eigenvalue weighted by atomic mass is 10.1. The number of H-pyrrole nitrogens is 1. The molecule has 136 valence electrons. The van der Waals surface area contributed by atoms with Crippen LogP contribution in [-0.4, -0.2) is 49.0 Å². The quantitative estimate of drug-likeness (QED) is 0.405. The molecule has 26 heavy (non-hydrogen) atoms. The molecule has 8 nitrogen and oxygen atoms in total. The molecule has 0 radical (unpaired) electrons. The molecule has 9 heteroatoms. The molecule has 0 aliphatic rings. The van der Waals surface area contributed by atoms with Gasteiger partial charge in [0.1, 0.15) is 17.4 Å². The highest BCUT2D eigenvalue weighted by Gasteiger charge is 2.14. The van der Waals surface area contributed by atoms with Gasteiger partial charge in [0, 0.05) is 19.2 Å². The first-order valence-electron chi connectivity index (χ1n) is 7.66. The van der Waals surface area contributed by atoms with Gasteiger partial charge in [-0.15, -0.1) is 0 Å². The highest BCUT2D eigenvalue weighted by molar-refractivity contribution is 7.99. The van der Waals surface area contributed by atoms with Crippen molar-refractivity contribution in [2.24, 2.45) is 0 Å². The number of rotatable bonds is 8.